The first-order chi connectivity index (χ1) is 17.1. The van der Waals surface area contributed by atoms with Crippen molar-refractivity contribution in [1.29, 1.82) is 0 Å². The third-order valence-corrected chi connectivity index (χ3v) is 6.13. The number of amides is 1. The average Bonchev–Trinajstić information content (AvgIpc) is 3.26. The summed E-state index contributed by atoms with van der Waals surface area (Å²) >= 11 is 0. The third kappa shape index (κ3) is 5.76. The zero-order valence-corrected chi connectivity index (χ0v) is 20.2. The summed E-state index contributed by atoms with van der Waals surface area (Å²) in [5.74, 6) is 6.66. The Morgan fingerprint density at radius 2 is 1.83 bits per heavy atom. The van der Waals surface area contributed by atoms with Crippen LogP contribution in [-0.4, -0.2) is 40.2 Å². The van der Waals surface area contributed by atoms with E-state index in [2.05, 4.69) is 38.6 Å². The molecule has 0 bridgehead atoms. The Kier molecular flexibility index (Phi) is 8.25. The third-order valence-electron chi connectivity index (χ3n) is 6.13. The molecule has 9 heteroatoms. The van der Waals surface area contributed by atoms with Crippen molar-refractivity contribution in [2.75, 3.05) is 25.5 Å². The van der Waals surface area contributed by atoms with Gasteiger partial charge < -0.3 is 20.9 Å². The van der Waals surface area contributed by atoms with E-state index in [0.29, 0.717) is 24.6 Å². The number of carbonyl (C=O) groups excluding carboxylic acids is 1. The van der Waals surface area contributed by atoms with Gasteiger partial charge >= 0.3 is 0 Å². The van der Waals surface area contributed by atoms with Gasteiger partial charge in [-0.15, -0.1) is 0 Å². The van der Waals surface area contributed by atoms with Crippen molar-refractivity contribution >= 4 is 33.7 Å². The highest BCUT2D eigenvalue weighted by Gasteiger charge is 2.16. The fourth-order valence-electron chi connectivity index (χ4n) is 4.33. The first-order valence-corrected chi connectivity index (χ1v) is 12.2. The lowest BCUT2D eigenvalue weighted by atomic mass is 10.1. The number of aryl methyl sites for hydroxylation is 2. The number of nitrogens with two attached hydrogens (primary N) is 2. The van der Waals surface area contributed by atoms with Crippen LogP contribution in [0.2, 0.25) is 0 Å². The number of pyridine rings is 1. The van der Waals surface area contributed by atoms with Crippen LogP contribution >= 0.6 is 0 Å². The molecule has 0 saturated carbocycles. The molecule has 2 aromatic carbocycles. The molecule has 0 spiro atoms. The number of carbonyl (C=O) groups is 1. The second-order valence-corrected chi connectivity index (χ2v) is 8.54. The molecule has 9 nitrogen and oxygen atoms in total. The normalized spacial score (nSPS) is 11.4. The van der Waals surface area contributed by atoms with Crippen molar-refractivity contribution in [3.63, 3.8) is 0 Å². The number of fused-ring (bicyclic) bond motifs is 3. The lowest BCUT2D eigenvalue weighted by Crippen LogP contribution is -2.34. The number of benzene rings is 2. The first kappa shape index (κ1) is 24.6. The molecule has 0 radical (unpaired) electrons. The largest absolute Gasteiger partial charge is 0.382 e. The summed E-state index contributed by atoms with van der Waals surface area (Å²) in [7, 11) is 0. The molecule has 0 saturated heterocycles. The molecular weight excluding hydrogens is 440 g/mol. The minimum Gasteiger partial charge on any atom is -0.382 e. The quantitative estimate of drug-likeness (QED) is 0.0921. The van der Waals surface area contributed by atoms with E-state index >= 15 is 0 Å². The van der Waals surface area contributed by atoms with Crippen LogP contribution in [0.4, 0.5) is 5.82 Å². The van der Waals surface area contributed by atoms with Gasteiger partial charge in [-0.3, -0.25) is 10.6 Å². The Bertz CT molecular complexity index is 1280. The second-order valence-electron chi connectivity index (χ2n) is 8.54. The van der Waals surface area contributed by atoms with E-state index in [-0.39, 0.29) is 5.91 Å². The molecule has 0 aliphatic carbocycles. The van der Waals surface area contributed by atoms with Crippen molar-refractivity contribution in [2.45, 2.75) is 39.2 Å². The predicted octanol–water partition coefficient (Wildman–Crippen LogP) is 2.49. The van der Waals surface area contributed by atoms with Gasteiger partial charge in [-0.1, -0.05) is 37.3 Å². The molecule has 0 aliphatic heterocycles. The summed E-state index contributed by atoms with van der Waals surface area (Å²) in [5.41, 5.74) is 13.3. The maximum Gasteiger partial charge on any atom is 0.251 e. The van der Waals surface area contributed by atoms with Gasteiger partial charge in [0.15, 0.2) is 5.82 Å². The summed E-state index contributed by atoms with van der Waals surface area (Å²) in [6, 6.07) is 15.8. The van der Waals surface area contributed by atoms with Crippen LogP contribution < -0.4 is 27.6 Å². The van der Waals surface area contributed by atoms with Crippen LogP contribution in [0.3, 0.4) is 0 Å². The van der Waals surface area contributed by atoms with Crippen molar-refractivity contribution in [1.82, 2.24) is 30.6 Å². The smallest absolute Gasteiger partial charge is 0.251 e. The van der Waals surface area contributed by atoms with E-state index in [9.17, 15) is 4.79 Å². The maximum atomic E-state index is 12.5. The zero-order valence-electron chi connectivity index (χ0n) is 20.2. The Balaban J connectivity index is 1.32. The van der Waals surface area contributed by atoms with Crippen LogP contribution in [0.25, 0.3) is 21.9 Å². The summed E-state index contributed by atoms with van der Waals surface area (Å²) in [5, 5.41) is 7.27. The van der Waals surface area contributed by atoms with Gasteiger partial charge in [0.05, 0.1) is 17.7 Å². The van der Waals surface area contributed by atoms with Gasteiger partial charge in [-0.25, -0.2) is 15.4 Å². The molecule has 7 N–H and O–H groups in total. The highest BCUT2D eigenvalue weighted by Crippen LogP contribution is 2.29. The monoisotopic (exact) mass is 474 g/mol. The zero-order chi connectivity index (χ0) is 24.6. The van der Waals surface area contributed by atoms with Gasteiger partial charge in [-0.05, 0) is 43.0 Å². The van der Waals surface area contributed by atoms with Gasteiger partial charge in [0.2, 0.25) is 0 Å². The van der Waals surface area contributed by atoms with Crippen LogP contribution in [0.1, 0.15) is 41.5 Å². The standard InChI is InChI=1S/C26H34N8O/c1-2-22-33-23-24(20-7-3-4-8-21(20)32-25(23)27)34(22)16-6-5-14-30-26(35)19-11-9-18(10-12-19)13-15-29-17-31-28/h3-4,7-12,29,31H,2,5-6,13-17,28H2,1H3,(H2,27,32)(H,30,35). The van der Waals surface area contributed by atoms with E-state index in [0.717, 1.165) is 66.5 Å². The van der Waals surface area contributed by atoms with E-state index in [1.165, 1.54) is 5.56 Å². The molecular formula is C26H34N8O. The Morgan fingerprint density at radius 1 is 1.03 bits per heavy atom. The fourth-order valence-corrected chi connectivity index (χ4v) is 4.33. The number of rotatable bonds is 12. The number of nitrogens with one attached hydrogen (secondary N) is 3. The number of nitrogen functional groups attached to an aromatic ring is 1. The summed E-state index contributed by atoms with van der Waals surface area (Å²) in [6.45, 7) is 4.92. The Morgan fingerprint density at radius 3 is 2.60 bits per heavy atom. The molecule has 0 atom stereocenters. The number of anilines is 1. The number of para-hydroxylation sites is 1. The SMILES string of the molecule is CCc1nc2c(N)nc3ccccc3c2n1CCCCNC(=O)c1ccc(CCNCNN)cc1. The van der Waals surface area contributed by atoms with E-state index in [4.69, 9.17) is 16.6 Å². The van der Waals surface area contributed by atoms with Crippen LogP contribution in [-0.2, 0) is 19.4 Å². The molecule has 4 aromatic rings. The number of hydrogen-bond donors (Lipinski definition) is 5. The molecule has 2 aromatic heterocycles. The fraction of sp³-hybridized carbons (Fsp3) is 0.346. The number of hydrazine groups is 1. The lowest BCUT2D eigenvalue weighted by molar-refractivity contribution is 0.0953. The number of hydrogen-bond acceptors (Lipinski definition) is 7. The minimum absolute atomic E-state index is 0.0471. The molecule has 0 aliphatic rings. The lowest BCUT2D eigenvalue weighted by Gasteiger charge is -2.11. The van der Waals surface area contributed by atoms with E-state index in [1.807, 2.05) is 42.5 Å². The summed E-state index contributed by atoms with van der Waals surface area (Å²) < 4.78 is 2.26. The predicted molar refractivity (Wildman–Crippen MR) is 141 cm³/mol. The molecule has 0 unspecified atom stereocenters. The first-order valence-electron chi connectivity index (χ1n) is 12.2. The highest BCUT2D eigenvalue weighted by molar-refractivity contribution is 6.06. The summed E-state index contributed by atoms with van der Waals surface area (Å²) in [4.78, 5) is 21.8. The Hall–Kier alpha value is -3.53. The van der Waals surface area contributed by atoms with Crippen molar-refractivity contribution in [2.24, 2.45) is 5.84 Å². The van der Waals surface area contributed by atoms with Gasteiger partial charge in [0.25, 0.3) is 5.91 Å². The van der Waals surface area contributed by atoms with Gasteiger partial charge in [-0.2, -0.15) is 0 Å². The van der Waals surface area contributed by atoms with Crippen molar-refractivity contribution in [3.8, 4) is 0 Å². The van der Waals surface area contributed by atoms with Crippen LogP contribution in [0, 0.1) is 0 Å². The van der Waals surface area contributed by atoms with Crippen molar-refractivity contribution in [3.05, 3.63) is 65.5 Å². The van der Waals surface area contributed by atoms with Crippen LogP contribution in [0.15, 0.2) is 48.5 Å². The number of nitrogens with zero attached hydrogens (tertiary/aromatic N) is 3. The topological polar surface area (TPSA) is 136 Å². The molecule has 184 valence electrons. The highest BCUT2D eigenvalue weighted by atomic mass is 16.1. The maximum absolute atomic E-state index is 12.5. The Labute approximate surface area is 205 Å². The van der Waals surface area contributed by atoms with Crippen molar-refractivity contribution < 1.29 is 4.79 Å². The molecule has 4 rings (SSSR count). The van der Waals surface area contributed by atoms with E-state index < -0.39 is 0 Å². The van der Waals surface area contributed by atoms with Gasteiger partial charge in [0, 0.05) is 37.0 Å². The minimum atomic E-state index is -0.0471. The van der Waals surface area contributed by atoms with E-state index in [1.54, 1.807) is 0 Å². The second kappa shape index (κ2) is 11.7. The number of imidazole rings is 1. The molecule has 0 fully saturated rings. The molecule has 1 amide bonds. The average molecular weight is 475 g/mol. The summed E-state index contributed by atoms with van der Waals surface area (Å²) in [6.07, 6.45) is 3.48. The number of aromatic nitrogens is 3. The molecule has 2 heterocycles. The molecule has 35 heavy (non-hydrogen) atoms. The van der Waals surface area contributed by atoms with Gasteiger partial charge in [0.1, 0.15) is 11.3 Å². The van der Waals surface area contributed by atoms with Crippen LogP contribution in [0.5, 0.6) is 0 Å². The number of unbranched alkanes of at least 4 members (excludes halogenated alkanes) is 1.